The fraction of sp³-hybridized carbons (Fsp3) is 0.409. The molecule has 0 saturated carbocycles. The van der Waals surface area contributed by atoms with Crippen molar-refractivity contribution in [1.29, 1.82) is 0 Å². The predicted molar refractivity (Wildman–Crippen MR) is 130 cm³/mol. The van der Waals surface area contributed by atoms with E-state index in [1.807, 2.05) is 0 Å². The highest BCUT2D eigenvalue weighted by molar-refractivity contribution is 7.47. The zero-order valence-corrected chi connectivity index (χ0v) is 20.9. The minimum Gasteiger partial charge on any atom is -0.352 e. The van der Waals surface area contributed by atoms with E-state index in [-0.39, 0.29) is 23.2 Å². The largest absolute Gasteiger partial charge is 0.472 e. The number of hydrogen-bond acceptors (Lipinski definition) is 10. The smallest absolute Gasteiger partial charge is 0.352 e. The molecule has 3 aromatic rings. The van der Waals surface area contributed by atoms with Gasteiger partial charge in [-0.3, -0.25) is 32.8 Å². The molecule has 0 aliphatic carbocycles. The second-order valence-electron chi connectivity index (χ2n) is 8.76. The molecule has 38 heavy (non-hydrogen) atoms. The Morgan fingerprint density at radius 2 is 2.08 bits per heavy atom. The zero-order valence-electron chi connectivity index (χ0n) is 20.0. The van der Waals surface area contributed by atoms with E-state index >= 15 is 0 Å². The van der Waals surface area contributed by atoms with Crippen LogP contribution in [0.2, 0.25) is 0 Å². The fourth-order valence-corrected chi connectivity index (χ4v) is 4.93. The molecule has 5 atom stereocenters. The first-order valence-corrected chi connectivity index (χ1v) is 12.9. The number of nitrogens with zero attached hydrogens (tertiary/aromatic N) is 4. The minimum absolute atomic E-state index is 0.178. The molecule has 15 nitrogen and oxygen atoms in total. The predicted octanol–water partition coefficient (Wildman–Crippen LogP) is 0.246. The summed E-state index contributed by atoms with van der Waals surface area (Å²) in [7, 11) is -4.58. The van der Waals surface area contributed by atoms with Crippen LogP contribution < -0.4 is 16.8 Å². The van der Waals surface area contributed by atoms with Gasteiger partial charge in [-0.15, -0.1) is 6.42 Å². The third kappa shape index (κ3) is 5.05. The summed E-state index contributed by atoms with van der Waals surface area (Å²) in [6.45, 7) is 0.728. The van der Waals surface area contributed by atoms with Crippen LogP contribution in [0, 0.1) is 19.3 Å². The van der Waals surface area contributed by atoms with Crippen LogP contribution in [0.25, 0.3) is 11.2 Å². The number of aromatic nitrogens is 6. The van der Waals surface area contributed by atoms with Crippen molar-refractivity contribution >= 4 is 19.0 Å². The first-order valence-electron chi connectivity index (χ1n) is 11.4. The standard InChI is InChI=1S/C22H23N6O9P/c1-3-22(7-6-16(37-22)27-8-13(2)19(29)26-21(27)31)10-35-38(32,33)34-9-14-4-5-15(36-14)28-12-25-17-18(28)23-11-24-20(17)30/h1,6-8,11-12,14-16H,4-5,9-10H2,2H3,(H,32,33)(H,23,24,30)(H,26,29,31)/t14-,15+,16-,22+/m1/s1. The second kappa shape index (κ2) is 9.91. The first-order chi connectivity index (χ1) is 18.1. The van der Waals surface area contributed by atoms with E-state index < -0.39 is 49.8 Å². The molecule has 1 saturated heterocycles. The summed E-state index contributed by atoms with van der Waals surface area (Å²) in [5.41, 5.74) is -2.34. The van der Waals surface area contributed by atoms with Gasteiger partial charge in [0.05, 0.1) is 25.4 Å². The molecule has 0 amide bonds. The number of fused-ring (bicyclic) bond motifs is 1. The number of aryl methyl sites for hydroxylation is 1. The lowest BCUT2D eigenvalue weighted by molar-refractivity contribution is -0.0547. The number of ether oxygens (including phenoxy) is 2. The Morgan fingerprint density at radius 3 is 2.87 bits per heavy atom. The van der Waals surface area contributed by atoms with Crippen LogP contribution in [0.5, 0.6) is 0 Å². The van der Waals surface area contributed by atoms with E-state index in [0.29, 0.717) is 18.5 Å². The Kier molecular flexibility index (Phi) is 6.78. The molecule has 200 valence electrons. The molecule has 5 rings (SSSR count). The van der Waals surface area contributed by atoms with Crippen molar-refractivity contribution in [2.24, 2.45) is 0 Å². The lowest BCUT2D eigenvalue weighted by atomic mass is 10.1. The van der Waals surface area contributed by atoms with Crippen molar-refractivity contribution in [3.8, 4) is 12.3 Å². The Bertz CT molecular complexity index is 1670. The van der Waals surface area contributed by atoms with Gasteiger partial charge in [-0.05, 0) is 31.9 Å². The normalized spacial score (nSPS) is 26.5. The summed E-state index contributed by atoms with van der Waals surface area (Å²) in [6, 6.07) is 0. The molecule has 0 bridgehead atoms. The number of hydrogen-bond donors (Lipinski definition) is 3. The van der Waals surface area contributed by atoms with Crippen molar-refractivity contribution in [3.63, 3.8) is 0 Å². The van der Waals surface area contributed by atoms with Crippen molar-refractivity contribution in [3.05, 3.63) is 67.8 Å². The van der Waals surface area contributed by atoms with Gasteiger partial charge >= 0.3 is 13.5 Å². The van der Waals surface area contributed by atoms with E-state index in [4.69, 9.17) is 24.9 Å². The van der Waals surface area contributed by atoms with E-state index in [0.717, 1.165) is 4.57 Å². The number of terminal acetylenes is 1. The van der Waals surface area contributed by atoms with Crippen LogP contribution in [0.15, 0.2) is 45.4 Å². The van der Waals surface area contributed by atoms with Gasteiger partial charge in [0.25, 0.3) is 11.1 Å². The second-order valence-corrected chi connectivity index (χ2v) is 10.2. The van der Waals surface area contributed by atoms with Gasteiger partial charge in [0, 0.05) is 11.8 Å². The maximum atomic E-state index is 12.5. The van der Waals surface area contributed by atoms with Crippen molar-refractivity contribution in [1.82, 2.24) is 29.1 Å². The summed E-state index contributed by atoms with van der Waals surface area (Å²) in [5.74, 6) is 2.36. The van der Waals surface area contributed by atoms with Crippen molar-refractivity contribution < 1.29 is 28.0 Å². The molecule has 1 unspecified atom stereocenters. The van der Waals surface area contributed by atoms with Crippen LogP contribution in [0.4, 0.5) is 0 Å². The fourth-order valence-electron chi connectivity index (χ4n) is 4.14. The lowest BCUT2D eigenvalue weighted by Crippen LogP contribution is -2.37. The van der Waals surface area contributed by atoms with Gasteiger partial charge in [0.2, 0.25) is 0 Å². The number of imidazole rings is 1. The number of rotatable bonds is 8. The van der Waals surface area contributed by atoms with Gasteiger partial charge in [-0.1, -0.05) is 5.92 Å². The van der Waals surface area contributed by atoms with E-state index in [9.17, 15) is 23.8 Å². The average molecular weight is 546 g/mol. The number of phosphoric ester groups is 1. The number of aromatic amines is 2. The molecule has 1 fully saturated rings. The van der Waals surface area contributed by atoms with E-state index in [1.54, 1.807) is 4.57 Å². The van der Waals surface area contributed by atoms with Crippen LogP contribution in [-0.4, -0.2) is 58.9 Å². The van der Waals surface area contributed by atoms with Gasteiger partial charge < -0.3 is 19.4 Å². The molecule has 2 aliphatic rings. The maximum Gasteiger partial charge on any atom is 0.472 e. The first kappa shape index (κ1) is 26.0. The quantitative estimate of drug-likeness (QED) is 0.199. The lowest BCUT2D eigenvalue weighted by Gasteiger charge is -2.25. The number of phosphoric acid groups is 1. The molecule has 16 heteroatoms. The molecule has 3 N–H and O–H groups in total. The SMILES string of the molecule is C#C[C@@]1(COP(=O)(O)OC[C@H]2CC[C@@H](n3cnc4c(=O)[nH]cnc43)O2)C=C[C@H](n2cc(C)c(=O)[nH]c2=O)O1. The Morgan fingerprint density at radius 1 is 1.26 bits per heavy atom. The Balaban J connectivity index is 1.16. The molecular weight excluding hydrogens is 523 g/mol. The summed E-state index contributed by atoms with van der Waals surface area (Å²) in [5, 5.41) is 0. The maximum absolute atomic E-state index is 12.5. The molecule has 3 aromatic heterocycles. The third-order valence-corrected chi connectivity index (χ3v) is 7.08. The van der Waals surface area contributed by atoms with Gasteiger partial charge in [0.15, 0.2) is 23.0 Å². The van der Waals surface area contributed by atoms with Crippen LogP contribution in [0.3, 0.4) is 0 Å². The van der Waals surface area contributed by atoms with Crippen molar-refractivity contribution in [2.75, 3.05) is 13.2 Å². The van der Waals surface area contributed by atoms with E-state index in [2.05, 4.69) is 25.9 Å². The summed E-state index contributed by atoms with van der Waals surface area (Å²) in [4.78, 5) is 58.7. The summed E-state index contributed by atoms with van der Waals surface area (Å²) >= 11 is 0. The summed E-state index contributed by atoms with van der Waals surface area (Å²) in [6.07, 6.45) is 11.6. The molecule has 0 radical (unpaired) electrons. The van der Waals surface area contributed by atoms with Crippen LogP contribution in [0.1, 0.15) is 30.9 Å². The highest BCUT2D eigenvalue weighted by atomic mass is 31.2. The topological polar surface area (TPSA) is 193 Å². The highest BCUT2D eigenvalue weighted by Gasteiger charge is 2.39. The van der Waals surface area contributed by atoms with Crippen LogP contribution >= 0.6 is 7.82 Å². The van der Waals surface area contributed by atoms with E-state index in [1.165, 1.54) is 37.9 Å². The third-order valence-electron chi connectivity index (χ3n) is 6.15. The van der Waals surface area contributed by atoms with Crippen molar-refractivity contribution in [2.45, 2.75) is 43.9 Å². The number of nitrogens with one attached hydrogen (secondary N) is 2. The highest BCUT2D eigenvalue weighted by Crippen LogP contribution is 2.46. The van der Waals surface area contributed by atoms with Gasteiger partial charge in [-0.25, -0.2) is 19.3 Å². The Labute approximate surface area is 213 Å². The molecule has 0 spiro atoms. The minimum atomic E-state index is -4.58. The van der Waals surface area contributed by atoms with Crippen LogP contribution in [-0.2, 0) is 23.1 Å². The molecule has 0 aromatic carbocycles. The molecular formula is C22H23N6O9P. The van der Waals surface area contributed by atoms with Gasteiger partial charge in [0.1, 0.15) is 12.8 Å². The zero-order chi connectivity index (χ0) is 27.1. The van der Waals surface area contributed by atoms with Gasteiger partial charge in [-0.2, -0.15) is 0 Å². The molecule has 2 aliphatic heterocycles. The number of H-pyrrole nitrogens is 2. The average Bonchev–Trinajstić information content (AvgIpc) is 3.63. The molecule has 5 heterocycles. The Hall–Kier alpha value is -3.64. The summed E-state index contributed by atoms with van der Waals surface area (Å²) < 4.78 is 37.2. The monoisotopic (exact) mass is 546 g/mol.